The summed E-state index contributed by atoms with van der Waals surface area (Å²) in [6.45, 7) is 3.94. The maximum absolute atomic E-state index is 6.12. The molecule has 1 aromatic rings. The fraction of sp³-hybridized carbons (Fsp3) is 0.500. The van der Waals surface area contributed by atoms with Crippen LogP contribution in [0.3, 0.4) is 0 Å². The molecule has 1 rings (SSSR count). The van der Waals surface area contributed by atoms with E-state index in [2.05, 4.69) is 22.6 Å². The van der Waals surface area contributed by atoms with E-state index in [4.69, 9.17) is 21.1 Å². The minimum atomic E-state index is 0.0507. The first-order valence-corrected chi connectivity index (χ1v) is 7.19. The molecule has 0 aliphatic rings. The monoisotopic (exact) mass is 354 g/mol. The zero-order valence-electron chi connectivity index (χ0n) is 9.29. The summed E-state index contributed by atoms with van der Waals surface area (Å²) in [5.74, 6) is 0. The quantitative estimate of drug-likeness (QED) is 0.420. The van der Waals surface area contributed by atoms with Gasteiger partial charge in [0.2, 0.25) is 0 Å². The van der Waals surface area contributed by atoms with Crippen LogP contribution in [0.1, 0.15) is 18.6 Å². The molecule has 90 valence electrons. The van der Waals surface area contributed by atoms with Gasteiger partial charge in [0.15, 0.2) is 0 Å². The van der Waals surface area contributed by atoms with Crippen LogP contribution in [-0.2, 0) is 9.47 Å². The van der Waals surface area contributed by atoms with Gasteiger partial charge in [0.25, 0.3) is 0 Å². The Kier molecular flexibility index (Phi) is 7.36. The van der Waals surface area contributed by atoms with Crippen molar-refractivity contribution in [2.45, 2.75) is 13.0 Å². The molecule has 1 atom stereocenters. The zero-order chi connectivity index (χ0) is 11.8. The molecule has 2 nitrogen and oxygen atoms in total. The molecular formula is C12H16ClIO2. The van der Waals surface area contributed by atoms with Gasteiger partial charge in [-0.05, 0) is 13.0 Å². The highest BCUT2D eigenvalue weighted by molar-refractivity contribution is 14.1. The SMILES string of the molecule is CCOCCOC(CI)c1ccccc1Cl. The van der Waals surface area contributed by atoms with E-state index in [9.17, 15) is 0 Å². The number of benzene rings is 1. The van der Waals surface area contributed by atoms with Crippen LogP contribution in [0, 0.1) is 0 Å². The van der Waals surface area contributed by atoms with Gasteiger partial charge >= 0.3 is 0 Å². The molecule has 0 aliphatic heterocycles. The molecule has 0 aliphatic carbocycles. The molecule has 1 aromatic carbocycles. The first-order chi connectivity index (χ1) is 7.79. The van der Waals surface area contributed by atoms with E-state index in [1.54, 1.807) is 0 Å². The predicted octanol–water partition coefficient (Wildman–Crippen LogP) is 3.87. The molecule has 0 N–H and O–H groups in total. The zero-order valence-corrected chi connectivity index (χ0v) is 12.2. The molecule has 0 bridgehead atoms. The molecule has 0 amide bonds. The second-order valence-electron chi connectivity index (χ2n) is 3.23. The van der Waals surface area contributed by atoms with Crippen molar-refractivity contribution in [2.24, 2.45) is 0 Å². The van der Waals surface area contributed by atoms with Gasteiger partial charge in [0, 0.05) is 21.6 Å². The Balaban J connectivity index is 2.51. The van der Waals surface area contributed by atoms with Gasteiger partial charge in [-0.1, -0.05) is 52.4 Å². The van der Waals surface area contributed by atoms with E-state index in [1.165, 1.54) is 0 Å². The van der Waals surface area contributed by atoms with Crippen molar-refractivity contribution in [3.63, 3.8) is 0 Å². The Hall–Kier alpha value is 0.160. The topological polar surface area (TPSA) is 18.5 Å². The van der Waals surface area contributed by atoms with Gasteiger partial charge in [-0.3, -0.25) is 0 Å². The van der Waals surface area contributed by atoms with Crippen molar-refractivity contribution >= 4 is 34.2 Å². The van der Waals surface area contributed by atoms with E-state index >= 15 is 0 Å². The van der Waals surface area contributed by atoms with Gasteiger partial charge in [-0.2, -0.15) is 0 Å². The van der Waals surface area contributed by atoms with Crippen LogP contribution < -0.4 is 0 Å². The standard InChI is InChI=1S/C12H16ClIO2/c1-2-15-7-8-16-12(9-14)10-5-3-4-6-11(10)13/h3-6,12H,2,7-9H2,1H3. The normalized spacial score (nSPS) is 12.7. The molecule has 0 radical (unpaired) electrons. The smallest absolute Gasteiger partial charge is 0.0929 e. The van der Waals surface area contributed by atoms with Crippen LogP contribution in [-0.4, -0.2) is 24.2 Å². The third kappa shape index (κ3) is 4.57. The number of hydrogen-bond donors (Lipinski definition) is 0. The van der Waals surface area contributed by atoms with Gasteiger partial charge in [0.1, 0.15) is 0 Å². The van der Waals surface area contributed by atoms with E-state index in [1.807, 2.05) is 31.2 Å². The van der Waals surface area contributed by atoms with Crippen LogP contribution in [0.5, 0.6) is 0 Å². The van der Waals surface area contributed by atoms with Crippen LogP contribution >= 0.6 is 34.2 Å². The summed E-state index contributed by atoms with van der Waals surface area (Å²) in [4.78, 5) is 0. The number of ether oxygens (including phenoxy) is 2. The van der Waals surface area contributed by atoms with Gasteiger partial charge in [0.05, 0.1) is 19.3 Å². The minimum absolute atomic E-state index is 0.0507. The van der Waals surface area contributed by atoms with Crippen LogP contribution in [0.4, 0.5) is 0 Å². The second-order valence-corrected chi connectivity index (χ2v) is 4.52. The summed E-state index contributed by atoms with van der Waals surface area (Å²) in [7, 11) is 0. The van der Waals surface area contributed by atoms with E-state index in [0.717, 1.165) is 21.6 Å². The fourth-order valence-electron chi connectivity index (χ4n) is 1.35. The highest BCUT2D eigenvalue weighted by Gasteiger charge is 2.13. The Morgan fingerprint density at radius 1 is 1.31 bits per heavy atom. The van der Waals surface area contributed by atoms with Crippen molar-refractivity contribution in [3.05, 3.63) is 34.9 Å². The van der Waals surface area contributed by atoms with Crippen LogP contribution in [0.25, 0.3) is 0 Å². The van der Waals surface area contributed by atoms with Gasteiger partial charge in [-0.15, -0.1) is 0 Å². The first-order valence-electron chi connectivity index (χ1n) is 5.29. The Morgan fingerprint density at radius 2 is 2.06 bits per heavy atom. The molecule has 4 heteroatoms. The number of rotatable bonds is 7. The maximum atomic E-state index is 6.12. The lowest BCUT2D eigenvalue weighted by atomic mass is 10.1. The van der Waals surface area contributed by atoms with E-state index < -0.39 is 0 Å². The third-order valence-corrected chi connectivity index (χ3v) is 3.29. The Labute approximate surface area is 115 Å². The average Bonchev–Trinajstić information content (AvgIpc) is 2.31. The van der Waals surface area contributed by atoms with Crippen LogP contribution in [0.15, 0.2) is 24.3 Å². The Bertz CT molecular complexity index is 307. The minimum Gasteiger partial charge on any atom is -0.379 e. The molecule has 0 saturated heterocycles. The highest BCUT2D eigenvalue weighted by Crippen LogP contribution is 2.26. The number of alkyl halides is 1. The molecule has 16 heavy (non-hydrogen) atoms. The van der Waals surface area contributed by atoms with Crippen molar-refractivity contribution in [3.8, 4) is 0 Å². The third-order valence-electron chi connectivity index (χ3n) is 2.14. The van der Waals surface area contributed by atoms with Crippen molar-refractivity contribution < 1.29 is 9.47 Å². The van der Waals surface area contributed by atoms with E-state index in [-0.39, 0.29) is 6.10 Å². The molecule has 0 spiro atoms. The molecule has 1 unspecified atom stereocenters. The van der Waals surface area contributed by atoms with Gasteiger partial charge < -0.3 is 9.47 Å². The summed E-state index contributed by atoms with van der Waals surface area (Å²) in [5, 5.41) is 0.764. The molecule has 0 heterocycles. The van der Waals surface area contributed by atoms with Crippen molar-refractivity contribution in [1.82, 2.24) is 0 Å². The highest BCUT2D eigenvalue weighted by atomic mass is 127. The summed E-state index contributed by atoms with van der Waals surface area (Å²) >= 11 is 8.43. The molecular weight excluding hydrogens is 338 g/mol. The number of hydrogen-bond acceptors (Lipinski definition) is 2. The molecule has 0 aromatic heterocycles. The predicted molar refractivity (Wildman–Crippen MR) is 75.5 cm³/mol. The lowest BCUT2D eigenvalue weighted by Crippen LogP contribution is -2.11. The lowest BCUT2D eigenvalue weighted by molar-refractivity contribution is 0.0178. The van der Waals surface area contributed by atoms with E-state index in [0.29, 0.717) is 13.2 Å². The Morgan fingerprint density at radius 3 is 2.69 bits per heavy atom. The maximum Gasteiger partial charge on any atom is 0.0929 e. The molecule has 0 fully saturated rings. The second kappa shape index (κ2) is 8.28. The fourth-order valence-corrected chi connectivity index (χ4v) is 2.33. The summed E-state index contributed by atoms with van der Waals surface area (Å²) < 4.78 is 11.9. The molecule has 0 saturated carbocycles. The average molecular weight is 355 g/mol. The largest absolute Gasteiger partial charge is 0.379 e. The summed E-state index contributed by atoms with van der Waals surface area (Å²) in [6.07, 6.45) is 0.0507. The number of halogens is 2. The van der Waals surface area contributed by atoms with Gasteiger partial charge in [-0.25, -0.2) is 0 Å². The first kappa shape index (κ1) is 14.2. The van der Waals surface area contributed by atoms with Crippen LogP contribution in [0.2, 0.25) is 5.02 Å². The summed E-state index contributed by atoms with van der Waals surface area (Å²) in [6, 6.07) is 7.80. The summed E-state index contributed by atoms with van der Waals surface area (Å²) in [5.41, 5.74) is 1.05. The van der Waals surface area contributed by atoms with Crippen molar-refractivity contribution in [2.75, 3.05) is 24.2 Å². The van der Waals surface area contributed by atoms with Crippen molar-refractivity contribution in [1.29, 1.82) is 0 Å². The lowest BCUT2D eigenvalue weighted by Gasteiger charge is -2.17.